The fourth-order valence-corrected chi connectivity index (χ4v) is 4.06. The molecule has 1 fully saturated rings. The van der Waals surface area contributed by atoms with Crippen molar-refractivity contribution in [1.82, 2.24) is 25.4 Å². The first-order valence-corrected chi connectivity index (χ1v) is 10.7. The predicted octanol–water partition coefficient (Wildman–Crippen LogP) is 2.33. The van der Waals surface area contributed by atoms with E-state index in [2.05, 4.69) is 49.7 Å². The molecule has 0 spiro atoms. The third-order valence-corrected chi connectivity index (χ3v) is 5.96. The van der Waals surface area contributed by atoms with Gasteiger partial charge in [0.05, 0.1) is 36.1 Å². The Hall–Kier alpha value is -3.83. The van der Waals surface area contributed by atoms with E-state index in [0.717, 1.165) is 28.0 Å². The number of fused-ring (bicyclic) bond motifs is 1. The molecular weight excluding hydrogens is 402 g/mol. The molecule has 2 aromatic heterocycles. The molecular formula is C24H24N7O-. The minimum atomic E-state index is -0.327. The molecule has 0 radical (unpaired) electrons. The Morgan fingerprint density at radius 1 is 1.25 bits per heavy atom. The lowest BCUT2D eigenvalue weighted by molar-refractivity contribution is -0.214. The molecule has 3 aromatic rings. The summed E-state index contributed by atoms with van der Waals surface area (Å²) in [5, 5.41) is 23.4. The fraction of sp³-hybridized carbons (Fsp3) is 0.292. The van der Waals surface area contributed by atoms with E-state index in [4.69, 9.17) is 5.26 Å². The van der Waals surface area contributed by atoms with Crippen molar-refractivity contribution in [3.05, 3.63) is 82.1 Å². The second-order valence-corrected chi connectivity index (χ2v) is 8.46. The molecule has 5 rings (SSSR count). The van der Waals surface area contributed by atoms with Crippen molar-refractivity contribution >= 4 is 11.5 Å². The second-order valence-electron chi connectivity index (χ2n) is 8.46. The monoisotopic (exact) mass is 426 g/mol. The van der Waals surface area contributed by atoms with Gasteiger partial charge in [0.1, 0.15) is 5.65 Å². The van der Waals surface area contributed by atoms with E-state index < -0.39 is 0 Å². The van der Waals surface area contributed by atoms with Crippen molar-refractivity contribution in [2.24, 2.45) is 4.99 Å². The molecule has 1 saturated carbocycles. The Bertz CT molecular complexity index is 1270. The van der Waals surface area contributed by atoms with Crippen LogP contribution in [0.15, 0.2) is 53.5 Å². The number of nitrogens with one attached hydrogen (secondary N) is 2. The molecule has 8 heteroatoms. The van der Waals surface area contributed by atoms with Crippen LogP contribution in [0.25, 0.3) is 5.65 Å². The quantitative estimate of drug-likeness (QED) is 0.463. The van der Waals surface area contributed by atoms with E-state index >= 15 is 0 Å². The molecule has 162 valence electrons. The van der Waals surface area contributed by atoms with Gasteiger partial charge < -0.3 is 14.9 Å². The number of imidazole rings is 1. The van der Waals surface area contributed by atoms with Crippen LogP contribution < -0.4 is 16.1 Å². The summed E-state index contributed by atoms with van der Waals surface area (Å²) in [6, 6.07) is 10.0. The van der Waals surface area contributed by atoms with E-state index in [1.165, 1.54) is 18.4 Å². The zero-order valence-electron chi connectivity index (χ0n) is 18.1. The average molecular weight is 427 g/mol. The van der Waals surface area contributed by atoms with Crippen LogP contribution >= 0.6 is 0 Å². The van der Waals surface area contributed by atoms with Crippen molar-refractivity contribution in [1.29, 1.82) is 5.26 Å². The molecule has 32 heavy (non-hydrogen) atoms. The van der Waals surface area contributed by atoms with Gasteiger partial charge in [-0.2, -0.15) is 5.26 Å². The number of hydrazine groups is 2. The zero-order valence-corrected chi connectivity index (χ0v) is 18.1. The lowest BCUT2D eigenvalue weighted by Gasteiger charge is -2.14. The normalized spacial score (nSPS) is 16.2. The molecule has 3 heterocycles. The number of benzene rings is 1. The van der Waals surface area contributed by atoms with Gasteiger partial charge in [-0.1, -0.05) is 6.07 Å². The topological polar surface area (TPSA) is 104 Å². The maximum atomic E-state index is 12.6. The van der Waals surface area contributed by atoms with Crippen molar-refractivity contribution in [3.8, 4) is 6.07 Å². The van der Waals surface area contributed by atoms with Crippen molar-refractivity contribution < 1.29 is 5.11 Å². The van der Waals surface area contributed by atoms with Crippen molar-refractivity contribution in [2.45, 2.75) is 45.7 Å². The smallest absolute Gasteiger partial charge is 0.137 e. The third-order valence-electron chi connectivity index (χ3n) is 5.96. The number of nitriles is 1. The maximum absolute atomic E-state index is 12.6. The van der Waals surface area contributed by atoms with Gasteiger partial charge in [-0.05, 0) is 73.1 Å². The zero-order chi connectivity index (χ0) is 22.2. The minimum Gasteiger partial charge on any atom is -0.857 e. The average Bonchev–Trinajstić information content (AvgIpc) is 3.39. The number of pyridine rings is 1. The summed E-state index contributed by atoms with van der Waals surface area (Å²) in [5.74, 6) is 0.374. The standard InChI is InChI=1S/C24H25N7O/c1-15-7-17(9-25)8-16(2)21(15)10-26-24(32)22-14-31(29-28-22)13-20-12-30-11-19(18-3-4-18)5-6-23(30)27-20/h5-8,11-12,14,18,28-29H,3-4,10,13H2,1-2H3,(H,26,32)/p-1. The molecule has 0 bridgehead atoms. The molecule has 1 aliphatic heterocycles. The maximum Gasteiger partial charge on any atom is 0.137 e. The van der Waals surface area contributed by atoms with Gasteiger partial charge in [-0.3, -0.25) is 10.0 Å². The Morgan fingerprint density at radius 3 is 2.75 bits per heavy atom. The predicted molar refractivity (Wildman–Crippen MR) is 119 cm³/mol. The molecule has 1 aliphatic carbocycles. The van der Waals surface area contributed by atoms with Gasteiger partial charge in [0.25, 0.3) is 0 Å². The first-order valence-electron chi connectivity index (χ1n) is 10.7. The van der Waals surface area contributed by atoms with Gasteiger partial charge in [-0.15, -0.1) is 5.53 Å². The van der Waals surface area contributed by atoms with Crippen LogP contribution in [0.2, 0.25) is 0 Å². The van der Waals surface area contributed by atoms with Crippen LogP contribution in [-0.4, -0.2) is 20.3 Å². The largest absolute Gasteiger partial charge is 0.857 e. The van der Waals surface area contributed by atoms with Crippen LogP contribution in [-0.2, 0) is 13.1 Å². The molecule has 2 N–H and O–H groups in total. The van der Waals surface area contributed by atoms with E-state index in [1.54, 1.807) is 11.2 Å². The number of aliphatic imine (C=N–C) groups is 1. The number of hydrogen-bond acceptors (Lipinski definition) is 7. The van der Waals surface area contributed by atoms with E-state index in [-0.39, 0.29) is 12.4 Å². The Kier molecular flexibility index (Phi) is 5.04. The summed E-state index contributed by atoms with van der Waals surface area (Å²) in [7, 11) is 0. The minimum absolute atomic E-state index is 0.275. The summed E-state index contributed by atoms with van der Waals surface area (Å²) >= 11 is 0. The van der Waals surface area contributed by atoms with Crippen LogP contribution in [0.4, 0.5) is 0 Å². The lowest BCUT2D eigenvalue weighted by atomic mass is 10.00. The molecule has 8 nitrogen and oxygen atoms in total. The van der Waals surface area contributed by atoms with Gasteiger partial charge in [0.2, 0.25) is 0 Å². The van der Waals surface area contributed by atoms with Gasteiger partial charge in [0, 0.05) is 24.5 Å². The number of aromatic nitrogens is 2. The molecule has 2 aliphatic rings. The summed E-state index contributed by atoms with van der Waals surface area (Å²) in [6.07, 6.45) is 8.44. The van der Waals surface area contributed by atoms with Gasteiger partial charge in [-0.25, -0.2) is 4.98 Å². The second kappa shape index (κ2) is 8.02. The van der Waals surface area contributed by atoms with E-state index in [0.29, 0.717) is 23.7 Å². The van der Waals surface area contributed by atoms with Crippen LogP contribution in [0.1, 0.15) is 52.3 Å². The summed E-state index contributed by atoms with van der Waals surface area (Å²) < 4.78 is 2.07. The summed E-state index contributed by atoms with van der Waals surface area (Å²) in [4.78, 5) is 8.89. The molecule has 0 atom stereocenters. The molecule has 0 saturated heterocycles. The van der Waals surface area contributed by atoms with Crippen LogP contribution in [0.5, 0.6) is 0 Å². The van der Waals surface area contributed by atoms with Crippen LogP contribution in [0, 0.1) is 25.2 Å². The highest BCUT2D eigenvalue weighted by Gasteiger charge is 2.24. The number of aryl methyl sites for hydroxylation is 2. The van der Waals surface area contributed by atoms with Gasteiger partial charge >= 0.3 is 0 Å². The fourth-order valence-electron chi connectivity index (χ4n) is 4.06. The highest BCUT2D eigenvalue weighted by molar-refractivity contribution is 5.89. The Labute approximate surface area is 186 Å². The molecule has 1 aromatic carbocycles. The first-order chi connectivity index (χ1) is 15.5. The van der Waals surface area contributed by atoms with E-state index in [1.807, 2.05) is 32.2 Å². The Morgan fingerprint density at radius 2 is 2.03 bits per heavy atom. The number of rotatable bonds is 6. The van der Waals surface area contributed by atoms with E-state index in [9.17, 15) is 5.11 Å². The van der Waals surface area contributed by atoms with Gasteiger partial charge in [0.15, 0.2) is 0 Å². The Balaban J connectivity index is 1.27. The van der Waals surface area contributed by atoms with Crippen molar-refractivity contribution in [2.75, 3.05) is 0 Å². The highest BCUT2D eigenvalue weighted by Crippen LogP contribution is 2.39. The number of nitrogens with zero attached hydrogens (tertiary/aromatic N) is 5. The summed E-state index contributed by atoms with van der Waals surface area (Å²) in [5.41, 5.74) is 12.9. The lowest BCUT2D eigenvalue weighted by Crippen LogP contribution is -2.38. The SMILES string of the molecule is Cc1cc(C#N)cc(C)c1CN=C([O-])C1=CN(Cc2cn3cc(C4CC4)ccc3n2)NN1. The van der Waals surface area contributed by atoms with Crippen LogP contribution in [0.3, 0.4) is 0 Å². The highest BCUT2D eigenvalue weighted by atomic mass is 16.3. The first kappa shape index (κ1) is 20.1. The summed E-state index contributed by atoms with van der Waals surface area (Å²) in [6.45, 7) is 4.65. The van der Waals surface area contributed by atoms with Crippen molar-refractivity contribution in [3.63, 3.8) is 0 Å². The molecule has 0 amide bonds. The number of hydrogen-bond donors (Lipinski definition) is 2. The molecule has 0 unspecified atom stereocenters. The third kappa shape index (κ3) is 4.03.